The number of hydrogen-bond donors (Lipinski definition) is 2. The van der Waals surface area contributed by atoms with Gasteiger partial charge in [0.2, 0.25) is 0 Å². The van der Waals surface area contributed by atoms with E-state index < -0.39 is 5.97 Å². The van der Waals surface area contributed by atoms with Crippen molar-refractivity contribution in [3.63, 3.8) is 0 Å². The van der Waals surface area contributed by atoms with E-state index in [2.05, 4.69) is 12.2 Å². The maximum atomic E-state index is 10.7. The van der Waals surface area contributed by atoms with Gasteiger partial charge in [-0.1, -0.05) is 27.2 Å². The minimum Gasteiger partial charge on any atom is -0.481 e. The zero-order valence-corrected chi connectivity index (χ0v) is 8.13. The van der Waals surface area contributed by atoms with Crippen LogP contribution in [0.2, 0.25) is 0 Å². The Morgan fingerprint density at radius 1 is 1.50 bits per heavy atom. The van der Waals surface area contributed by atoms with E-state index in [9.17, 15) is 4.79 Å². The van der Waals surface area contributed by atoms with Crippen LogP contribution in [-0.2, 0) is 4.79 Å². The zero-order valence-electron chi connectivity index (χ0n) is 8.13. The lowest BCUT2D eigenvalue weighted by atomic mass is 9.98. The monoisotopic (exact) mass is 173 g/mol. The Morgan fingerprint density at radius 2 is 2.08 bits per heavy atom. The lowest BCUT2D eigenvalue weighted by molar-refractivity contribution is -0.142. The third kappa shape index (κ3) is 3.72. The lowest BCUT2D eigenvalue weighted by Gasteiger charge is -2.20. The maximum absolute atomic E-state index is 10.7. The first kappa shape index (κ1) is 11.4. The van der Waals surface area contributed by atoms with Crippen LogP contribution in [0.5, 0.6) is 0 Å². The molecule has 0 aliphatic heterocycles. The van der Waals surface area contributed by atoms with Crippen LogP contribution < -0.4 is 5.32 Å². The Bertz CT molecular complexity index is 130. The fraction of sp³-hybridized carbons (Fsp3) is 0.889. The summed E-state index contributed by atoms with van der Waals surface area (Å²) in [6, 6.07) is 0.123. The third-order valence-corrected chi connectivity index (χ3v) is 2.06. The molecule has 0 aromatic carbocycles. The van der Waals surface area contributed by atoms with Gasteiger partial charge >= 0.3 is 5.97 Å². The van der Waals surface area contributed by atoms with Crippen molar-refractivity contribution >= 4 is 5.97 Å². The fourth-order valence-corrected chi connectivity index (χ4v) is 1.27. The third-order valence-electron chi connectivity index (χ3n) is 2.06. The molecule has 3 heteroatoms. The highest BCUT2D eigenvalue weighted by Gasteiger charge is 2.21. The molecule has 2 N–H and O–H groups in total. The summed E-state index contributed by atoms with van der Waals surface area (Å²) in [5.41, 5.74) is 0. The summed E-state index contributed by atoms with van der Waals surface area (Å²) in [5, 5.41) is 11.9. The quantitative estimate of drug-likeness (QED) is 0.639. The second-order valence-corrected chi connectivity index (χ2v) is 3.08. The average molecular weight is 173 g/mol. The summed E-state index contributed by atoms with van der Waals surface area (Å²) in [7, 11) is 0. The van der Waals surface area contributed by atoms with E-state index in [1.165, 1.54) is 0 Å². The largest absolute Gasteiger partial charge is 0.481 e. The van der Waals surface area contributed by atoms with Crippen LogP contribution in [0.25, 0.3) is 0 Å². The van der Waals surface area contributed by atoms with Gasteiger partial charge in [-0.15, -0.1) is 0 Å². The maximum Gasteiger partial charge on any atom is 0.307 e. The van der Waals surface area contributed by atoms with E-state index >= 15 is 0 Å². The van der Waals surface area contributed by atoms with E-state index in [1.54, 1.807) is 6.92 Å². The number of hydrogen-bond acceptors (Lipinski definition) is 2. The predicted molar refractivity (Wildman–Crippen MR) is 49.2 cm³/mol. The van der Waals surface area contributed by atoms with Crippen LogP contribution in [0.3, 0.4) is 0 Å². The molecule has 0 fully saturated rings. The van der Waals surface area contributed by atoms with Crippen molar-refractivity contribution in [3.05, 3.63) is 0 Å². The van der Waals surface area contributed by atoms with Gasteiger partial charge in [-0.05, 0) is 13.0 Å². The van der Waals surface area contributed by atoms with Gasteiger partial charge in [0.15, 0.2) is 0 Å². The molecule has 0 heterocycles. The molecule has 72 valence electrons. The molecule has 0 radical (unpaired) electrons. The average Bonchev–Trinajstić information content (AvgIpc) is 2.03. The molecular formula is C9H19NO2. The molecule has 0 saturated carbocycles. The molecule has 3 nitrogen and oxygen atoms in total. The Balaban J connectivity index is 3.98. The first-order chi connectivity index (χ1) is 5.63. The molecule has 0 amide bonds. The van der Waals surface area contributed by atoms with Gasteiger partial charge in [0.1, 0.15) is 0 Å². The molecule has 0 spiro atoms. The SMILES string of the molecule is CCCC(NCC)C(C)C(=O)O. The Hall–Kier alpha value is -0.570. The van der Waals surface area contributed by atoms with Gasteiger partial charge in [-0.25, -0.2) is 0 Å². The molecule has 0 saturated heterocycles. The molecule has 2 atom stereocenters. The Morgan fingerprint density at radius 3 is 2.42 bits per heavy atom. The summed E-state index contributed by atoms with van der Waals surface area (Å²) in [6.45, 7) is 6.66. The molecule has 2 unspecified atom stereocenters. The van der Waals surface area contributed by atoms with Gasteiger partial charge in [0.05, 0.1) is 5.92 Å². The van der Waals surface area contributed by atoms with Crippen molar-refractivity contribution in [1.82, 2.24) is 5.32 Å². The molecular weight excluding hydrogens is 154 g/mol. The molecule has 12 heavy (non-hydrogen) atoms. The number of carbonyl (C=O) groups is 1. The van der Waals surface area contributed by atoms with Crippen LogP contribution in [0.1, 0.15) is 33.6 Å². The van der Waals surface area contributed by atoms with Crippen LogP contribution in [0.15, 0.2) is 0 Å². The molecule has 0 aromatic heterocycles. The molecule has 0 rings (SSSR count). The topological polar surface area (TPSA) is 49.3 Å². The number of carboxylic acid groups (broad SMARTS) is 1. The second kappa shape index (κ2) is 6.00. The molecule has 0 aliphatic carbocycles. The van der Waals surface area contributed by atoms with Gasteiger partial charge in [0, 0.05) is 6.04 Å². The normalized spacial score (nSPS) is 15.6. The van der Waals surface area contributed by atoms with Gasteiger partial charge < -0.3 is 10.4 Å². The second-order valence-electron chi connectivity index (χ2n) is 3.08. The van der Waals surface area contributed by atoms with E-state index in [4.69, 9.17) is 5.11 Å². The highest BCUT2D eigenvalue weighted by Crippen LogP contribution is 2.09. The summed E-state index contributed by atoms with van der Waals surface area (Å²) < 4.78 is 0. The van der Waals surface area contributed by atoms with Crippen LogP contribution in [-0.4, -0.2) is 23.7 Å². The highest BCUT2D eigenvalue weighted by atomic mass is 16.4. The Kier molecular flexibility index (Phi) is 5.72. The van der Waals surface area contributed by atoms with E-state index in [0.717, 1.165) is 19.4 Å². The number of aliphatic carboxylic acids is 1. The standard InChI is InChI=1S/C9H19NO2/c1-4-6-8(10-5-2)7(3)9(11)12/h7-8,10H,4-6H2,1-3H3,(H,11,12). The van der Waals surface area contributed by atoms with Gasteiger partial charge in [0.25, 0.3) is 0 Å². The first-order valence-corrected chi connectivity index (χ1v) is 4.59. The van der Waals surface area contributed by atoms with Crippen molar-refractivity contribution in [2.75, 3.05) is 6.54 Å². The van der Waals surface area contributed by atoms with E-state index in [-0.39, 0.29) is 12.0 Å². The minimum atomic E-state index is -0.714. The summed E-state index contributed by atoms with van der Waals surface area (Å²) in [6.07, 6.45) is 1.95. The lowest BCUT2D eigenvalue weighted by Crippen LogP contribution is -2.38. The molecule has 0 aliphatic rings. The highest BCUT2D eigenvalue weighted by molar-refractivity contribution is 5.70. The molecule has 0 aromatic rings. The van der Waals surface area contributed by atoms with Crippen molar-refractivity contribution in [3.8, 4) is 0 Å². The smallest absolute Gasteiger partial charge is 0.307 e. The summed E-state index contributed by atoms with van der Waals surface area (Å²) >= 11 is 0. The van der Waals surface area contributed by atoms with Crippen LogP contribution in [0, 0.1) is 5.92 Å². The predicted octanol–water partition coefficient (Wildman–Crippen LogP) is 1.49. The number of rotatable bonds is 6. The Labute approximate surface area is 74.2 Å². The number of nitrogens with one attached hydrogen (secondary N) is 1. The van der Waals surface area contributed by atoms with Crippen LogP contribution >= 0.6 is 0 Å². The van der Waals surface area contributed by atoms with E-state index in [1.807, 2.05) is 6.92 Å². The summed E-state index contributed by atoms with van der Waals surface area (Å²) in [5.74, 6) is -1.00. The van der Waals surface area contributed by atoms with Crippen molar-refractivity contribution in [2.45, 2.75) is 39.7 Å². The van der Waals surface area contributed by atoms with Gasteiger partial charge in [-0.3, -0.25) is 4.79 Å². The number of carboxylic acids is 1. The van der Waals surface area contributed by atoms with E-state index in [0.29, 0.717) is 0 Å². The first-order valence-electron chi connectivity index (χ1n) is 4.59. The van der Waals surface area contributed by atoms with Crippen LogP contribution in [0.4, 0.5) is 0 Å². The summed E-state index contributed by atoms with van der Waals surface area (Å²) in [4.78, 5) is 10.7. The zero-order chi connectivity index (χ0) is 9.56. The molecule has 0 bridgehead atoms. The van der Waals surface area contributed by atoms with Gasteiger partial charge in [-0.2, -0.15) is 0 Å². The minimum absolute atomic E-state index is 0.123. The van der Waals surface area contributed by atoms with Crippen molar-refractivity contribution < 1.29 is 9.90 Å². The van der Waals surface area contributed by atoms with Crippen molar-refractivity contribution in [1.29, 1.82) is 0 Å². The fourth-order valence-electron chi connectivity index (χ4n) is 1.27. The van der Waals surface area contributed by atoms with Crippen molar-refractivity contribution in [2.24, 2.45) is 5.92 Å².